The number of nitrogens with zero attached hydrogens (tertiary/aromatic N) is 3. The first kappa shape index (κ1) is 12.3. The first-order valence-corrected chi connectivity index (χ1v) is 5.90. The van der Waals surface area contributed by atoms with Crippen LogP contribution < -0.4 is 10.6 Å². The van der Waals surface area contributed by atoms with Crippen LogP contribution in [0.25, 0.3) is 0 Å². The Bertz CT molecular complexity index is 475. The minimum atomic E-state index is -0.560. The van der Waals surface area contributed by atoms with Crippen LogP contribution in [0.4, 0.5) is 5.69 Å². The Balaban J connectivity index is 2.15. The number of anilines is 1. The number of likely N-dealkylation sites (N-methyl/N-ethyl adjacent to an activating group) is 1. The average Bonchev–Trinajstić information content (AvgIpc) is 2.38. The van der Waals surface area contributed by atoms with Gasteiger partial charge in [0.15, 0.2) is 0 Å². The molecule has 1 aromatic heterocycles. The Morgan fingerprint density at radius 3 is 2.89 bits per heavy atom. The van der Waals surface area contributed by atoms with Crippen LogP contribution in [-0.2, 0) is 4.79 Å². The first-order chi connectivity index (χ1) is 8.61. The maximum Gasteiger partial charge on any atom is 0.267 e. The Labute approximate surface area is 105 Å². The number of amides is 2. The van der Waals surface area contributed by atoms with Crippen LogP contribution in [0.15, 0.2) is 18.3 Å². The van der Waals surface area contributed by atoms with E-state index in [1.54, 1.807) is 12.1 Å². The molecule has 2 heterocycles. The summed E-state index contributed by atoms with van der Waals surface area (Å²) in [5, 5.41) is 0. The molecule has 0 unspecified atom stereocenters. The summed E-state index contributed by atoms with van der Waals surface area (Å²) in [5.74, 6) is -0.462. The van der Waals surface area contributed by atoms with Crippen LogP contribution in [-0.4, -0.2) is 47.9 Å². The van der Waals surface area contributed by atoms with Crippen molar-refractivity contribution in [1.82, 2.24) is 9.88 Å². The lowest BCUT2D eigenvalue weighted by Crippen LogP contribution is -2.50. The fraction of sp³-hybridized carbons (Fsp3) is 0.417. The topological polar surface area (TPSA) is 79.5 Å². The van der Waals surface area contributed by atoms with Gasteiger partial charge in [-0.15, -0.1) is 0 Å². The molecule has 0 aliphatic carbocycles. The third-order valence-electron chi connectivity index (χ3n) is 3.06. The van der Waals surface area contributed by atoms with Crippen molar-refractivity contribution >= 4 is 17.5 Å². The number of carbonyl (C=O) groups excluding carboxylic acids is 2. The van der Waals surface area contributed by atoms with E-state index < -0.39 is 5.91 Å². The highest BCUT2D eigenvalue weighted by Gasteiger charge is 2.23. The number of nitrogens with two attached hydrogens (primary N) is 1. The van der Waals surface area contributed by atoms with Gasteiger partial charge in [-0.25, -0.2) is 0 Å². The van der Waals surface area contributed by atoms with E-state index in [-0.39, 0.29) is 11.6 Å². The summed E-state index contributed by atoms with van der Waals surface area (Å²) in [6.07, 6.45) is 1.53. The molecule has 1 aliphatic rings. The predicted octanol–water partition coefficient (Wildman–Crippen LogP) is -0.151. The van der Waals surface area contributed by atoms with Gasteiger partial charge in [-0.05, 0) is 19.1 Å². The number of hydrogen-bond acceptors (Lipinski definition) is 4. The van der Waals surface area contributed by atoms with E-state index in [2.05, 4.69) is 4.98 Å². The predicted molar refractivity (Wildman–Crippen MR) is 67.2 cm³/mol. The number of aromatic nitrogens is 1. The zero-order valence-electron chi connectivity index (χ0n) is 10.3. The third kappa shape index (κ3) is 2.42. The molecule has 2 rings (SSSR count). The number of pyridine rings is 1. The number of rotatable bonds is 3. The molecule has 6 heteroatoms. The van der Waals surface area contributed by atoms with E-state index in [1.807, 2.05) is 16.7 Å². The van der Waals surface area contributed by atoms with Gasteiger partial charge in [-0.3, -0.25) is 14.6 Å². The van der Waals surface area contributed by atoms with Gasteiger partial charge in [-0.1, -0.05) is 0 Å². The van der Waals surface area contributed by atoms with Crippen molar-refractivity contribution in [2.75, 3.05) is 31.1 Å². The Hall–Kier alpha value is -2.11. The maximum absolute atomic E-state index is 11.8. The van der Waals surface area contributed by atoms with Gasteiger partial charge in [0.05, 0.1) is 6.54 Å². The molecule has 0 bridgehead atoms. The van der Waals surface area contributed by atoms with Crippen molar-refractivity contribution in [3.05, 3.63) is 24.0 Å². The van der Waals surface area contributed by atoms with Crippen molar-refractivity contribution in [1.29, 1.82) is 0 Å². The molecule has 2 N–H and O–H groups in total. The van der Waals surface area contributed by atoms with Crippen LogP contribution >= 0.6 is 0 Å². The van der Waals surface area contributed by atoms with Crippen molar-refractivity contribution in [3.8, 4) is 0 Å². The molecule has 1 fully saturated rings. The van der Waals surface area contributed by atoms with E-state index in [1.165, 1.54) is 6.20 Å². The number of primary amides is 1. The zero-order valence-corrected chi connectivity index (χ0v) is 10.3. The van der Waals surface area contributed by atoms with Crippen LogP contribution in [0.2, 0.25) is 0 Å². The smallest absolute Gasteiger partial charge is 0.267 e. The highest BCUT2D eigenvalue weighted by Crippen LogP contribution is 2.17. The second-order valence-electron chi connectivity index (χ2n) is 4.16. The highest BCUT2D eigenvalue weighted by molar-refractivity contribution is 5.92. The molecule has 96 valence electrons. The van der Waals surface area contributed by atoms with Gasteiger partial charge in [0, 0.05) is 31.5 Å². The van der Waals surface area contributed by atoms with E-state index in [9.17, 15) is 9.59 Å². The number of carbonyl (C=O) groups is 2. The van der Waals surface area contributed by atoms with Crippen molar-refractivity contribution in [2.45, 2.75) is 6.92 Å². The molecule has 6 nitrogen and oxygen atoms in total. The minimum Gasteiger partial charge on any atom is -0.364 e. The van der Waals surface area contributed by atoms with Crippen LogP contribution in [0, 0.1) is 0 Å². The van der Waals surface area contributed by atoms with Crippen LogP contribution in [0.3, 0.4) is 0 Å². The Morgan fingerprint density at radius 1 is 1.50 bits per heavy atom. The zero-order chi connectivity index (χ0) is 13.1. The lowest BCUT2D eigenvalue weighted by atomic mass is 10.2. The second kappa shape index (κ2) is 5.03. The van der Waals surface area contributed by atoms with Crippen LogP contribution in [0.5, 0.6) is 0 Å². The standard InChI is InChI=1S/C12H16N4O2/c1-2-15-5-6-16(8-11(15)17)9-3-4-14-10(7-9)12(13)18/h3-4,7H,2,5-6,8H2,1H3,(H2,13,18). The summed E-state index contributed by atoms with van der Waals surface area (Å²) in [5.41, 5.74) is 6.22. The molecule has 0 aromatic carbocycles. The van der Waals surface area contributed by atoms with E-state index >= 15 is 0 Å². The molecular weight excluding hydrogens is 232 g/mol. The maximum atomic E-state index is 11.8. The van der Waals surface area contributed by atoms with Gasteiger partial charge in [-0.2, -0.15) is 0 Å². The third-order valence-corrected chi connectivity index (χ3v) is 3.06. The van der Waals surface area contributed by atoms with Gasteiger partial charge < -0.3 is 15.5 Å². The van der Waals surface area contributed by atoms with Crippen molar-refractivity contribution in [2.24, 2.45) is 5.73 Å². The molecular formula is C12H16N4O2. The lowest BCUT2D eigenvalue weighted by Gasteiger charge is -2.35. The summed E-state index contributed by atoms with van der Waals surface area (Å²) in [6.45, 7) is 4.47. The molecule has 1 aromatic rings. The monoisotopic (exact) mass is 248 g/mol. The largest absolute Gasteiger partial charge is 0.364 e. The minimum absolute atomic E-state index is 0.0983. The summed E-state index contributed by atoms with van der Waals surface area (Å²) >= 11 is 0. The summed E-state index contributed by atoms with van der Waals surface area (Å²) in [7, 11) is 0. The molecule has 0 spiro atoms. The molecule has 0 atom stereocenters. The van der Waals surface area contributed by atoms with E-state index in [4.69, 9.17) is 5.73 Å². The van der Waals surface area contributed by atoms with Gasteiger partial charge in [0.1, 0.15) is 5.69 Å². The van der Waals surface area contributed by atoms with Crippen molar-refractivity contribution < 1.29 is 9.59 Å². The van der Waals surface area contributed by atoms with Gasteiger partial charge in [0.25, 0.3) is 5.91 Å². The van der Waals surface area contributed by atoms with Gasteiger partial charge >= 0.3 is 0 Å². The first-order valence-electron chi connectivity index (χ1n) is 5.90. The van der Waals surface area contributed by atoms with E-state index in [0.717, 1.165) is 18.8 Å². The molecule has 18 heavy (non-hydrogen) atoms. The SMILES string of the molecule is CCN1CCN(c2ccnc(C(N)=O)c2)CC1=O. The number of piperazine rings is 1. The van der Waals surface area contributed by atoms with Gasteiger partial charge in [0.2, 0.25) is 5.91 Å². The molecule has 2 amide bonds. The number of hydrogen-bond donors (Lipinski definition) is 1. The molecule has 0 radical (unpaired) electrons. The molecule has 1 aliphatic heterocycles. The highest BCUT2D eigenvalue weighted by atomic mass is 16.2. The molecule has 1 saturated heterocycles. The summed E-state index contributed by atoms with van der Waals surface area (Å²) in [4.78, 5) is 30.5. The molecule has 0 saturated carbocycles. The lowest BCUT2D eigenvalue weighted by molar-refractivity contribution is -0.130. The summed E-state index contributed by atoms with van der Waals surface area (Å²) in [6, 6.07) is 3.40. The Kier molecular flexibility index (Phi) is 3.45. The van der Waals surface area contributed by atoms with Crippen molar-refractivity contribution in [3.63, 3.8) is 0 Å². The quantitative estimate of drug-likeness (QED) is 0.806. The second-order valence-corrected chi connectivity index (χ2v) is 4.16. The van der Waals surface area contributed by atoms with E-state index in [0.29, 0.717) is 13.1 Å². The fourth-order valence-corrected chi connectivity index (χ4v) is 2.01. The van der Waals surface area contributed by atoms with Crippen LogP contribution in [0.1, 0.15) is 17.4 Å². The average molecular weight is 248 g/mol. The summed E-state index contributed by atoms with van der Waals surface area (Å²) < 4.78 is 0. The fourth-order valence-electron chi connectivity index (χ4n) is 2.01. The normalized spacial score (nSPS) is 15.9. The Morgan fingerprint density at radius 2 is 2.28 bits per heavy atom.